The first-order valence-corrected chi connectivity index (χ1v) is 6.36. The van der Waals surface area contributed by atoms with Crippen LogP contribution in [0.15, 0.2) is 23.6 Å². The lowest BCUT2D eigenvalue weighted by Crippen LogP contribution is -2.33. The van der Waals surface area contributed by atoms with Crippen molar-refractivity contribution in [2.45, 2.75) is 19.4 Å². The van der Waals surface area contributed by atoms with Gasteiger partial charge in [-0.15, -0.1) is 11.3 Å². The van der Waals surface area contributed by atoms with Crippen LogP contribution in [0.5, 0.6) is 0 Å². The Labute approximate surface area is 95.4 Å². The molecular formula is C12H18N2S. The summed E-state index contributed by atoms with van der Waals surface area (Å²) in [5.74, 6) is 0. The molecule has 0 fully saturated rings. The summed E-state index contributed by atoms with van der Waals surface area (Å²) in [6.07, 6.45) is 5.41. The van der Waals surface area contributed by atoms with Gasteiger partial charge in [0.15, 0.2) is 0 Å². The molecule has 1 unspecified atom stereocenters. The molecule has 0 aliphatic carbocycles. The van der Waals surface area contributed by atoms with E-state index in [9.17, 15) is 0 Å². The van der Waals surface area contributed by atoms with Crippen LogP contribution in [0.4, 0.5) is 0 Å². The first kappa shape index (κ1) is 10.9. The van der Waals surface area contributed by atoms with Crippen molar-refractivity contribution in [3.05, 3.63) is 34.0 Å². The van der Waals surface area contributed by atoms with Crippen molar-refractivity contribution in [3.63, 3.8) is 0 Å². The maximum absolute atomic E-state index is 5.44. The molecule has 0 bridgehead atoms. The predicted octanol–water partition coefficient (Wildman–Crippen LogP) is 2.18. The molecule has 2 N–H and O–H groups in total. The summed E-state index contributed by atoms with van der Waals surface area (Å²) in [5.41, 5.74) is 6.96. The van der Waals surface area contributed by atoms with Crippen molar-refractivity contribution in [2.24, 2.45) is 5.73 Å². The molecule has 0 spiro atoms. The molecule has 0 aromatic carbocycles. The standard InChI is InChI=1S/C12H18N2S/c1-10-11-5-9-15-12(11)4-8-14(10)7-3-2-6-13/h2-3,5,9-10H,4,6-8,13H2,1H3. The zero-order chi connectivity index (χ0) is 10.7. The molecule has 0 saturated heterocycles. The molecule has 1 aliphatic heterocycles. The van der Waals surface area contributed by atoms with Gasteiger partial charge in [0.2, 0.25) is 0 Å². The average Bonchev–Trinajstić information content (AvgIpc) is 2.70. The fraction of sp³-hybridized carbons (Fsp3) is 0.500. The monoisotopic (exact) mass is 222 g/mol. The average molecular weight is 222 g/mol. The summed E-state index contributed by atoms with van der Waals surface area (Å²) < 4.78 is 0. The Balaban J connectivity index is 2.03. The normalized spacial score (nSPS) is 22.1. The molecule has 2 heterocycles. The Bertz CT molecular complexity index is 343. The van der Waals surface area contributed by atoms with Crippen LogP contribution in [0.25, 0.3) is 0 Å². The number of fused-ring (bicyclic) bond motifs is 1. The Morgan fingerprint density at radius 3 is 3.27 bits per heavy atom. The van der Waals surface area contributed by atoms with Gasteiger partial charge in [0, 0.05) is 30.6 Å². The van der Waals surface area contributed by atoms with Gasteiger partial charge in [-0.05, 0) is 30.4 Å². The molecule has 2 rings (SSSR count). The van der Waals surface area contributed by atoms with Crippen molar-refractivity contribution in [1.29, 1.82) is 0 Å². The van der Waals surface area contributed by atoms with Gasteiger partial charge >= 0.3 is 0 Å². The Morgan fingerprint density at radius 1 is 1.60 bits per heavy atom. The molecule has 0 saturated carbocycles. The molecule has 1 aromatic rings. The van der Waals surface area contributed by atoms with Crippen molar-refractivity contribution in [1.82, 2.24) is 4.90 Å². The molecule has 82 valence electrons. The zero-order valence-corrected chi connectivity index (χ0v) is 9.96. The highest BCUT2D eigenvalue weighted by Gasteiger charge is 2.23. The summed E-state index contributed by atoms with van der Waals surface area (Å²) in [5, 5.41) is 2.21. The number of hydrogen-bond donors (Lipinski definition) is 1. The highest BCUT2D eigenvalue weighted by atomic mass is 32.1. The van der Waals surface area contributed by atoms with Gasteiger partial charge < -0.3 is 5.73 Å². The van der Waals surface area contributed by atoms with Gasteiger partial charge in [-0.1, -0.05) is 12.2 Å². The van der Waals surface area contributed by atoms with Crippen LogP contribution in [0, 0.1) is 0 Å². The molecule has 0 amide bonds. The molecule has 3 heteroatoms. The fourth-order valence-electron chi connectivity index (χ4n) is 2.12. The summed E-state index contributed by atoms with van der Waals surface area (Å²) in [4.78, 5) is 4.07. The van der Waals surface area contributed by atoms with E-state index < -0.39 is 0 Å². The minimum atomic E-state index is 0.558. The third-order valence-corrected chi connectivity index (χ3v) is 4.04. The van der Waals surface area contributed by atoms with E-state index in [0.29, 0.717) is 12.6 Å². The molecule has 1 aromatic heterocycles. The second-order valence-electron chi connectivity index (χ2n) is 3.93. The van der Waals surface area contributed by atoms with Gasteiger partial charge in [-0.3, -0.25) is 4.90 Å². The lowest BCUT2D eigenvalue weighted by Gasteiger charge is -2.32. The van der Waals surface area contributed by atoms with Crippen molar-refractivity contribution in [3.8, 4) is 0 Å². The van der Waals surface area contributed by atoms with E-state index in [-0.39, 0.29) is 0 Å². The summed E-state index contributed by atoms with van der Waals surface area (Å²) in [7, 11) is 0. The van der Waals surface area contributed by atoms with Crippen molar-refractivity contribution >= 4 is 11.3 Å². The van der Waals surface area contributed by atoms with Crippen LogP contribution in [-0.2, 0) is 6.42 Å². The number of nitrogens with zero attached hydrogens (tertiary/aromatic N) is 1. The summed E-state index contributed by atoms with van der Waals surface area (Å²) >= 11 is 1.89. The highest BCUT2D eigenvalue weighted by molar-refractivity contribution is 7.10. The van der Waals surface area contributed by atoms with E-state index in [1.165, 1.54) is 18.5 Å². The SMILES string of the molecule is CC1c2ccsc2CCN1CC=CCN. The maximum Gasteiger partial charge on any atom is 0.0334 e. The molecular weight excluding hydrogens is 204 g/mol. The third-order valence-electron chi connectivity index (χ3n) is 3.05. The Kier molecular flexibility index (Phi) is 3.57. The highest BCUT2D eigenvalue weighted by Crippen LogP contribution is 2.32. The van der Waals surface area contributed by atoms with Gasteiger partial charge in [-0.25, -0.2) is 0 Å². The van der Waals surface area contributed by atoms with Crippen LogP contribution < -0.4 is 5.73 Å². The summed E-state index contributed by atoms with van der Waals surface area (Å²) in [6, 6.07) is 2.83. The smallest absolute Gasteiger partial charge is 0.0334 e. The van der Waals surface area contributed by atoms with Crippen LogP contribution in [0.3, 0.4) is 0 Å². The van der Waals surface area contributed by atoms with E-state index in [4.69, 9.17) is 5.73 Å². The van der Waals surface area contributed by atoms with Crippen molar-refractivity contribution < 1.29 is 0 Å². The van der Waals surface area contributed by atoms with Gasteiger partial charge in [0.1, 0.15) is 0 Å². The maximum atomic E-state index is 5.44. The molecule has 0 radical (unpaired) electrons. The van der Waals surface area contributed by atoms with Crippen LogP contribution in [0.2, 0.25) is 0 Å². The van der Waals surface area contributed by atoms with E-state index in [2.05, 4.69) is 29.3 Å². The number of rotatable bonds is 3. The number of hydrogen-bond acceptors (Lipinski definition) is 3. The second kappa shape index (κ2) is 4.92. The van der Waals surface area contributed by atoms with Crippen molar-refractivity contribution in [2.75, 3.05) is 19.6 Å². The minimum Gasteiger partial charge on any atom is -0.327 e. The Morgan fingerprint density at radius 2 is 2.47 bits per heavy atom. The van der Waals surface area contributed by atoms with Crippen LogP contribution in [0.1, 0.15) is 23.4 Å². The van der Waals surface area contributed by atoms with E-state index >= 15 is 0 Å². The number of thiophene rings is 1. The predicted molar refractivity (Wildman–Crippen MR) is 66.2 cm³/mol. The van der Waals surface area contributed by atoms with Gasteiger partial charge in [0.05, 0.1) is 0 Å². The van der Waals surface area contributed by atoms with Gasteiger partial charge in [0.25, 0.3) is 0 Å². The molecule has 2 nitrogen and oxygen atoms in total. The lowest BCUT2D eigenvalue weighted by atomic mass is 10.0. The van der Waals surface area contributed by atoms with Crippen LogP contribution in [-0.4, -0.2) is 24.5 Å². The van der Waals surface area contributed by atoms with E-state index in [1.807, 2.05) is 17.4 Å². The summed E-state index contributed by atoms with van der Waals surface area (Å²) in [6.45, 7) is 5.13. The topological polar surface area (TPSA) is 29.3 Å². The first-order valence-electron chi connectivity index (χ1n) is 5.48. The minimum absolute atomic E-state index is 0.558. The second-order valence-corrected chi connectivity index (χ2v) is 4.93. The van der Waals surface area contributed by atoms with E-state index in [0.717, 1.165) is 6.54 Å². The third kappa shape index (κ3) is 2.30. The fourth-order valence-corrected chi connectivity index (χ4v) is 3.08. The largest absolute Gasteiger partial charge is 0.327 e. The zero-order valence-electron chi connectivity index (χ0n) is 9.15. The van der Waals surface area contributed by atoms with Crippen LogP contribution >= 0.6 is 11.3 Å². The number of nitrogens with two attached hydrogens (primary N) is 1. The lowest BCUT2D eigenvalue weighted by molar-refractivity contribution is 0.223. The molecule has 15 heavy (non-hydrogen) atoms. The quantitative estimate of drug-likeness (QED) is 0.794. The molecule has 1 aliphatic rings. The van der Waals surface area contributed by atoms with Gasteiger partial charge in [-0.2, -0.15) is 0 Å². The Hall–Kier alpha value is -0.640. The first-order chi connectivity index (χ1) is 7.33. The molecule has 1 atom stereocenters. The van der Waals surface area contributed by atoms with E-state index in [1.54, 1.807) is 4.88 Å².